The van der Waals surface area contributed by atoms with Gasteiger partial charge in [-0.1, -0.05) is 18.2 Å². The monoisotopic (exact) mass is 326 g/mol. The number of nitrogens with zero attached hydrogens (tertiary/aromatic N) is 3. The molecule has 1 aromatic carbocycles. The molecule has 0 atom stereocenters. The molecule has 3 N–H and O–H groups in total. The van der Waals surface area contributed by atoms with Crippen LogP contribution in [0.5, 0.6) is 0 Å². The van der Waals surface area contributed by atoms with Crippen LogP contribution < -0.4 is 5.43 Å². The fraction of sp³-hybridized carbons (Fsp3) is 0. The first kappa shape index (κ1) is 16.7. The summed E-state index contributed by atoms with van der Waals surface area (Å²) in [5, 5.41) is 21.0. The Labute approximate surface area is 136 Å². The van der Waals surface area contributed by atoms with Gasteiger partial charge in [-0.25, -0.2) is 9.59 Å². The number of para-hydroxylation sites is 1. The third kappa shape index (κ3) is 4.95. The summed E-state index contributed by atoms with van der Waals surface area (Å²) in [6, 6.07) is 11.9. The fourth-order valence-electron chi connectivity index (χ4n) is 1.75. The zero-order valence-electron chi connectivity index (χ0n) is 12.4. The number of benzene rings is 1. The SMILES string of the molecule is O=C(O)/C=C\C(=O)O.c1ccc2c(c1)cnn2Nc1ccncc1. The van der Waals surface area contributed by atoms with Gasteiger partial charge >= 0.3 is 11.9 Å². The van der Waals surface area contributed by atoms with Gasteiger partial charge in [-0.15, -0.1) is 0 Å². The van der Waals surface area contributed by atoms with Crippen LogP contribution in [0, 0.1) is 0 Å². The van der Waals surface area contributed by atoms with Crippen LogP contribution in [0.25, 0.3) is 10.9 Å². The molecule has 0 saturated carbocycles. The lowest BCUT2D eigenvalue weighted by Gasteiger charge is -2.06. The van der Waals surface area contributed by atoms with Crippen LogP contribution in [-0.2, 0) is 9.59 Å². The maximum absolute atomic E-state index is 9.55. The van der Waals surface area contributed by atoms with Crippen molar-refractivity contribution in [1.82, 2.24) is 14.9 Å². The second-order valence-corrected chi connectivity index (χ2v) is 4.47. The summed E-state index contributed by atoms with van der Waals surface area (Å²) >= 11 is 0. The summed E-state index contributed by atoms with van der Waals surface area (Å²) in [7, 11) is 0. The van der Waals surface area contributed by atoms with Gasteiger partial charge in [0.05, 0.1) is 17.4 Å². The number of rotatable bonds is 4. The summed E-state index contributed by atoms with van der Waals surface area (Å²) in [4.78, 5) is 24.8. The van der Waals surface area contributed by atoms with E-state index in [0.29, 0.717) is 12.2 Å². The van der Waals surface area contributed by atoms with Gasteiger partial charge in [0, 0.05) is 29.9 Å². The van der Waals surface area contributed by atoms with Gasteiger partial charge in [0.1, 0.15) is 0 Å². The highest BCUT2D eigenvalue weighted by atomic mass is 16.4. The van der Waals surface area contributed by atoms with Crippen molar-refractivity contribution in [1.29, 1.82) is 0 Å². The minimum absolute atomic E-state index is 0.558. The molecule has 0 radical (unpaired) electrons. The lowest BCUT2D eigenvalue weighted by Crippen LogP contribution is -2.10. The summed E-state index contributed by atoms with van der Waals surface area (Å²) in [5.74, 6) is -2.51. The van der Waals surface area contributed by atoms with Gasteiger partial charge in [-0.05, 0) is 18.2 Å². The second kappa shape index (κ2) is 8.08. The van der Waals surface area contributed by atoms with E-state index < -0.39 is 11.9 Å². The maximum Gasteiger partial charge on any atom is 0.328 e. The molecule has 24 heavy (non-hydrogen) atoms. The van der Waals surface area contributed by atoms with Gasteiger partial charge in [-0.3, -0.25) is 10.4 Å². The first-order chi connectivity index (χ1) is 11.6. The zero-order valence-corrected chi connectivity index (χ0v) is 12.4. The van der Waals surface area contributed by atoms with Crippen LogP contribution in [0.4, 0.5) is 5.69 Å². The average Bonchev–Trinajstić information content (AvgIpc) is 2.98. The van der Waals surface area contributed by atoms with Crippen LogP contribution in [0.2, 0.25) is 0 Å². The summed E-state index contributed by atoms with van der Waals surface area (Å²) in [6.07, 6.45) is 6.44. The molecule has 122 valence electrons. The number of aliphatic carboxylic acids is 2. The van der Waals surface area contributed by atoms with Crippen molar-refractivity contribution in [3.05, 3.63) is 67.1 Å². The molecule has 3 rings (SSSR count). The molecular formula is C16H14N4O4. The molecular weight excluding hydrogens is 312 g/mol. The van der Waals surface area contributed by atoms with Gasteiger partial charge in [0.2, 0.25) is 0 Å². The molecule has 0 amide bonds. The molecule has 0 aliphatic rings. The zero-order chi connectivity index (χ0) is 17.4. The van der Waals surface area contributed by atoms with Crippen LogP contribution in [0.15, 0.2) is 67.1 Å². The van der Waals surface area contributed by atoms with Crippen molar-refractivity contribution in [3.63, 3.8) is 0 Å². The average molecular weight is 326 g/mol. The molecule has 8 nitrogen and oxygen atoms in total. The van der Waals surface area contributed by atoms with E-state index in [0.717, 1.165) is 16.6 Å². The molecule has 0 aliphatic carbocycles. The van der Waals surface area contributed by atoms with Crippen LogP contribution in [0.1, 0.15) is 0 Å². The fourth-order valence-corrected chi connectivity index (χ4v) is 1.75. The molecule has 0 aliphatic heterocycles. The third-order valence-corrected chi connectivity index (χ3v) is 2.76. The number of aromatic nitrogens is 3. The third-order valence-electron chi connectivity index (χ3n) is 2.76. The smallest absolute Gasteiger partial charge is 0.328 e. The van der Waals surface area contributed by atoms with Gasteiger partial charge < -0.3 is 10.2 Å². The lowest BCUT2D eigenvalue weighted by molar-refractivity contribution is -0.134. The number of carboxylic acid groups (broad SMARTS) is 2. The van der Waals surface area contributed by atoms with E-state index in [4.69, 9.17) is 10.2 Å². The van der Waals surface area contributed by atoms with E-state index in [-0.39, 0.29) is 0 Å². The lowest BCUT2D eigenvalue weighted by atomic mass is 10.3. The first-order valence-electron chi connectivity index (χ1n) is 6.80. The highest BCUT2D eigenvalue weighted by Gasteiger charge is 2.00. The number of fused-ring (bicyclic) bond motifs is 1. The van der Waals surface area contributed by atoms with Crippen molar-refractivity contribution in [2.75, 3.05) is 5.43 Å². The maximum atomic E-state index is 9.55. The van der Waals surface area contributed by atoms with E-state index >= 15 is 0 Å². The topological polar surface area (TPSA) is 117 Å². The molecule has 0 unspecified atom stereocenters. The number of pyridine rings is 1. The summed E-state index contributed by atoms with van der Waals surface area (Å²) in [5.41, 5.74) is 5.21. The molecule has 0 bridgehead atoms. The van der Waals surface area contributed by atoms with E-state index in [1.807, 2.05) is 42.6 Å². The molecule has 8 heteroatoms. The van der Waals surface area contributed by atoms with Crippen molar-refractivity contribution < 1.29 is 19.8 Å². The number of carbonyl (C=O) groups is 2. The van der Waals surface area contributed by atoms with Crippen LogP contribution in [-0.4, -0.2) is 37.0 Å². The van der Waals surface area contributed by atoms with Crippen molar-refractivity contribution in [2.45, 2.75) is 0 Å². The van der Waals surface area contributed by atoms with E-state index in [1.165, 1.54) is 0 Å². The number of nitrogens with one attached hydrogen (secondary N) is 1. The Hall–Kier alpha value is -3.68. The molecule has 0 spiro atoms. The molecule has 2 aromatic heterocycles. The minimum atomic E-state index is -1.26. The van der Waals surface area contributed by atoms with Gasteiger partial charge in [-0.2, -0.15) is 9.89 Å². The van der Waals surface area contributed by atoms with E-state index in [1.54, 1.807) is 17.2 Å². The number of hydrogen-bond donors (Lipinski definition) is 3. The Kier molecular flexibility index (Phi) is 5.62. The van der Waals surface area contributed by atoms with E-state index in [9.17, 15) is 9.59 Å². The Balaban J connectivity index is 0.000000224. The van der Waals surface area contributed by atoms with Crippen molar-refractivity contribution in [3.8, 4) is 0 Å². The first-order valence-corrected chi connectivity index (χ1v) is 6.80. The molecule has 2 heterocycles. The number of carboxylic acids is 2. The predicted octanol–water partition coefficient (Wildman–Crippen LogP) is 2.02. The molecule has 3 aromatic rings. The Morgan fingerprint density at radius 2 is 1.62 bits per heavy atom. The Bertz CT molecular complexity index is 843. The molecule has 0 saturated heterocycles. The predicted molar refractivity (Wildman–Crippen MR) is 87.4 cm³/mol. The molecule has 0 fully saturated rings. The van der Waals surface area contributed by atoms with Gasteiger partial charge in [0.15, 0.2) is 0 Å². The normalized spacial score (nSPS) is 10.2. The Morgan fingerprint density at radius 3 is 2.25 bits per heavy atom. The quantitative estimate of drug-likeness (QED) is 0.628. The summed E-state index contributed by atoms with van der Waals surface area (Å²) < 4.78 is 0. The largest absolute Gasteiger partial charge is 0.478 e. The van der Waals surface area contributed by atoms with Crippen LogP contribution in [0.3, 0.4) is 0 Å². The van der Waals surface area contributed by atoms with Gasteiger partial charge in [0.25, 0.3) is 0 Å². The summed E-state index contributed by atoms with van der Waals surface area (Å²) in [6.45, 7) is 0. The minimum Gasteiger partial charge on any atom is -0.478 e. The number of hydrogen-bond acceptors (Lipinski definition) is 5. The van der Waals surface area contributed by atoms with Crippen molar-refractivity contribution in [2.24, 2.45) is 0 Å². The van der Waals surface area contributed by atoms with Crippen molar-refractivity contribution >= 4 is 28.5 Å². The standard InChI is InChI=1S/C12H10N4.C4H4O4/c1-2-4-12-10(3-1)9-14-16(12)15-11-5-7-13-8-6-11;5-3(6)1-2-4(7)8/h1-9H,(H,13,15);1-2H,(H,5,6)(H,7,8)/b;2-1-. The number of anilines is 1. The highest BCUT2D eigenvalue weighted by molar-refractivity contribution is 5.89. The Morgan fingerprint density at radius 1 is 1.00 bits per heavy atom. The highest BCUT2D eigenvalue weighted by Crippen LogP contribution is 2.13. The van der Waals surface area contributed by atoms with E-state index in [2.05, 4.69) is 15.5 Å². The second-order valence-electron chi connectivity index (χ2n) is 4.47. The van der Waals surface area contributed by atoms with Crippen LogP contribution >= 0.6 is 0 Å².